The van der Waals surface area contributed by atoms with Gasteiger partial charge < -0.3 is 9.47 Å². The molecule has 0 saturated carbocycles. The summed E-state index contributed by atoms with van der Waals surface area (Å²) in [5, 5.41) is 15.4. The number of nitrogens with one attached hydrogen (secondary N) is 1. The topological polar surface area (TPSA) is 87.3 Å². The number of hydrogen-bond donors (Lipinski definition) is 1. The second-order valence-corrected chi connectivity index (χ2v) is 6.42. The molecule has 0 fully saturated rings. The first-order chi connectivity index (χ1) is 11.7. The largest absolute Gasteiger partial charge is 0.454 e. The molecule has 1 aromatic rings. The number of hydrogen-bond acceptors (Lipinski definition) is 6. The number of hydrazone groups is 1. The number of benzene rings is 1. The highest BCUT2D eigenvalue weighted by Gasteiger charge is 2.35. The fourth-order valence-electron chi connectivity index (χ4n) is 2.52. The Morgan fingerprint density at radius 2 is 2.21 bits per heavy atom. The summed E-state index contributed by atoms with van der Waals surface area (Å²) in [6.07, 6.45) is 3.39. The number of carbonyl (C=O) groups is 1. The summed E-state index contributed by atoms with van der Waals surface area (Å²) in [7, 11) is 0. The molecule has 1 amide bonds. The Morgan fingerprint density at radius 3 is 3.04 bits per heavy atom. The second kappa shape index (κ2) is 5.79. The minimum atomic E-state index is -0.427. The molecule has 24 heavy (non-hydrogen) atoms. The lowest BCUT2D eigenvalue weighted by Gasteiger charge is -2.20. The molecule has 1 aromatic carbocycles. The molecular formula is C16H14N4O3S. The summed E-state index contributed by atoms with van der Waals surface area (Å²) in [6, 6.07) is 5.37. The van der Waals surface area contributed by atoms with Crippen LogP contribution in [0.3, 0.4) is 0 Å². The van der Waals surface area contributed by atoms with Gasteiger partial charge in [0.1, 0.15) is 5.04 Å². The van der Waals surface area contributed by atoms with E-state index in [9.17, 15) is 4.79 Å². The molecule has 3 aliphatic heterocycles. The van der Waals surface area contributed by atoms with E-state index in [4.69, 9.17) is 14.9 Å². The summed E-state index contributed by atoms with van der Waals surface area (Å²) < 4.78 is 10.6. The van der Waals surface area contributed by atoms with Crippen molar-refractivity contribution in [1.82, 2.24) is 5.01 Å². The van der Waals surface area contributed by atoms with E-state index in [2.05, 4.69) is 17.0 Å². The summed E-state index contributed by atoms with van der Waals surface area (Å²) in [5.41, 5.74) is 0.954. The lowest BCUT2D eigenvalue weighted by atomic mass is 10.1. The highest BCUT2D eigenvalue weighted by molar-refractivity contribution is 8.26. The second-order valence-electron chi connectivity index (χ2n) is 5.38. The molecule has 0 unspecified atom stereocenters. The van der Waals surface area contributed by atoms with E-state index in [1.54, 1.807) is 18.2 Å². The van der Waals surface area contributed by atoms with Gasteiger partial charge in [0, 0.05) is 0 Å². The maximum Gasteiger partial charge on any atom is 0.283 e. The smallest absolute Gasteiger partial charge is 0.283 e. The average Bonchev–Trinajstić information content (AvgIpc) is 3.18. The molecule has 4 rings (SSSR count). The van der Waals surface area contributed by atoms with Gasteiger partial charge in [-0.25, -0.2) is 0 Å². The standard InChI is InChI=1S/C16H14N4O3S/c1-2-3-13-19-20-14(17)10(15(21)18-16(20)24-13)6-9-4-5-11-12(7-9)23-8-22-11/h4-7,17H,2-3,8H2,1H3. The Bertz CT molecular complexity index is 844. The lowest BCUT2D eigenvalue weighted by Crippen LogP contribution is -2.35. The van der Waals surface area contributed by atoms with Gasteiger partial charge in [-0.15, -0.1) is 0 Å². The fraction of sp³-hybridized carbons (Fsp3) is 0.250. The van der Waals surface area contributed by atoms with Gasteiger partial charge in [-0.1, -0.05) is 13.0 Å². The lowest BCUT2D eigenvalue weighted by molar-refractivity contribution is -0.114. The Kier molecular flexibility index (Phi) is 3.61. The third-order valence-corrected chi connectivity index (χ3v) is 4.64. The highest BCUT2D eigenvalue weighted by Crippen LogP contribution is 2.34. The van der Waals surface area contributed by atoms with Crippen LogP contribution < -0.4 is 9.47 Å². The van der Waals surface area contributed by atoms with Crippen LogP contribution in [-0.4, -0.2) is 33.8 Å². The zero-order valence-corrected chi connectivity index (χ0v) is 13.7. The number of ether oxygens (including phenoxy) is 2. The first-order valence-electron chi connectivity index (χ1n) is 7.54. The number of aliphatic imine (C=N–C) groups is 1. The van der Waals surface area contributed by atoms with Crippen LogP contribution >= 0.6 is 11.8 Å². The van der Waals surface area contributed by atoms with Crippen molar-refractivity contribution in [3.05, 3.63) is 29.3 Å². The van der Waals surface area contributed by atoms with Crippen LogP contribution in [0.15, 0.2) is 33.9 Å². The molecule has 0 radical (unpaired) electrons. The maximum atomic E-state index is 12.3. The Hall–Kier alpha value is -2.61. The van der Waals surface area contributed by atoms with Crippen LogP contribution in [-0.2, 0) is 4.79 Å². The van der Waals surface area contributed by atoms with Crippen molar-refractivity contribution >= 4 is 39.8 Å². The minimum Gasteiger partial charge on any atom is -0.454 e. The van der Waals surface area contributed by atoms with Gasteiger partial charge >= 0.3 is 0 Å². The van der Waals surface area contributed by atoms with Gasteiger partial charge in [0.2, 0.25) is 12.0 Å². The van der Waals surface area contributed by atoms with Gasteiger partial charge in [-0.05, 0) is 48.4 Å². The number of fused-ring (bicyclic) bond motifs is 2. The SMILES string of the molecule is CCCC1=NN2C(=N)C(=Cc3ccc4c(c3)OCO4)C(=O)N=C2S1. The summed E-state index contributed by atoms with van der Waals surface area (Å²) in [6.45, 7) is 2.25. The Labute approximate surface area is 142 Å². The third-order valence-electron chi connectivity index (χ3n) is 3.67. The molecular weight excluding hydrogens is 328 g/mol. The van der Waals surface area contributed by atoms with Gasteiger partial charge in [-0.2, -0.15) is 15.1 Å². The molecule has 3 heterocycles. The van der Waals surface area contributed by atoms with Gasteiger partial charge in [-0.3, -0.25) is 10.2 Å². The van der Waals surface area contributed by atoms with E-state index in [0.717, 1.165) is 23.4 Å². The summed E-state index contributed by atoms with van der Waals surface area (Å²) in [4.78, 5) is 16.4. The molecule has 0 bridgehead atoms. The molecule has 0 atom stereocenters. The molecule has 3 aliphatic rings. The van der Waals surface area contributed by atoms with Crippen molar-refractivity contribution in [1.29, 1.82) is 5.41 Å². The third kappa shape index (κ3) is 2.48. The first-order valence-corrected chi connectivity index (χ1v) is 8.36. The number of amidine groups is 2. The Balaban J connectivity index is 1.67. The van der Waals surface area contributed by atoms with Crippen molar-refractivity contribution in [2.75, 3.05) is 6.79 Å². The molecule has 0 spiro atoms. The first kappa shape index (κ1) is 14.9. The van der Waals surface area contributed by atoms with Gasteiger partial charge in [0.25, 0.3) is 5.91 Å². The zero-order chi connectivity index (χ0) is 16.7. The fourth-order valence-corrected chi connectivity index (χ4v) is 3.50. The van der Waals surface area contributed by atoms with Crippen molar-refractivity contribution < 1.29 is 14.3 Å². The Morgan fingerprint density at radius 1 is 1.38 bits per heavy atom. The van der Waals surface area contributed by atoms with E-state index in [-0.39, 0.29) is 18.2 Å². The van der Waals surface area contributed by atoms with Crippen molar-refractivity contribution in [2.24, 2.45) is 10.1 Å². The maximum absolute atomic E-state index is 12.3. The van der Waals surface area contributed by atoms with Crippen LogP contribution in [0.1, 0.15) is 25.3 Å². The molecule has 0 aromatic heterocycles. The van der Waals surface area contributed by atoms with E-state index in [1.165, 1.54) is 16.8 Å². The molecule has 7 nitrogen and oxygen atoms in total. The van der Waals surface area contributed by atoms with Crippen molar-refractivity contribution in [2.45, 2.75) is 19.8 Å². The highest BCUT2D eigenvalue weighted by atomic mass is 32.2. The quantitative estimate of drug-likeness (QED) is 0.854. The molecule has 0 saturated heterocycles. The molecule has 8 heteroatoms. The number of thioether (sulfide) groups is 1. The van der Waals surface area contributed by atoms with Crippen LogP contribution in [0.2, 0.25) is 0 Å². The summed E-state index contributed by atoms with van der Waals surface area (Å²) >= 11 is 1.35. The van der Waals surface area contributed by atoms with Crippen molar-refractivity contribution in [3.8, 4) is 11.5 Å². The van der Waals surface area contributed by atoms with Crippen LogP contribution in [0.4, 0.5) is 0 Å². The zero-order valence-electron chi connectivity index (χ0n) is 12.9. The van der Waals surface area contributed by atoms with Crippen LogP contribution in [0.5, 0.6) is 11.5 Å². The normalized spacial score (nSPS) is 20.4. The number of nitrogens with zero attached hydrogens (tertiary/aromatic N) is 3. The van der Waals surface area contributed by atoms with Gasteiger partial charge in [0.05, 0.1) is 5.57 Å². The van der Waals surface area contributed by atoms with Crippen molar-refractivity contribution in [3.63, 3.8) is 0 Å². The van der Waals surface area contributed by atoms with E-state index in [1.807, 2.05) is 6.07 Å². The average molecular weight is 342 g/mol. The molecule has 1 N–H and O–H groups in total. The predicted molar refractivity (Wildman–Crippen MR) is 92.5 cm³/mol. The summed E-state index contributed by atoms with van der Waals surface area (Å²) in [5.74, 6) is 0.918. The number of amides is 1. The molecule has 0 aliphatic carbocycles. The van der Waals surface area contributed by atoms with E-state index >= 15 is 0 Å². The van der Waals surface area contributed by atoms with E-state index in [0.29, 0.717) is 16.7 Å². The predicted octanol–water partition coefficient (Wildman–Crippen LogP) is 2.83. The number of rotatable bonds is 3. The monoisotopic (exact) mass is 342 g/mol. The number of carbonyl (C=O) groups excluding carboxylic acids is 1. The minimum absolute atomic E-state index is 0.0428. The molecule has 122 valence electrons. The van der Waals surface area contributed by atoms with E-state index < -0.39 is 5.91 Å². The van der Waals surface area contributed by atoms with Crippen LogP contribution in [0, 0.1) is 5.41 Å². The van der Waals surface area contributed by atoms with Gasteiger partial charge in [0.15, 0.2) is 17.3 Å². The van der Waals surface area contributed by atoms with Crippen LogP contribution in [0.25, 0.3) is 6.08 Å².